The Balaban J connectivity index is 2.36. The minimum atomic E-state index is -0.152. The first-order valence-electron chi connectivity index (χ1n) is 6.06. The van der Waals surface area contributed by atoms with Crippen molar-refractivity contribution in [2.45, 2.75) is 26.3 Å². The summed E-state index contributed by atoms with van der Waals surface area (Å²) >= 11 is 1.43. The fourth-order valence-electron chi connectivity index (χ4n) is 1.97. The fraction of sp³-hybridized carbons (Fsp3) is 0.267. The molecular weight excluding hydrogens is 256 g/mol. The number of terminal acetylenes is 1. The molecule has 1 aromatic carbocycles. The van der Waals surface area contributed by atoms with Crippen LogP contribution < -0.4 is 11.1 Å². The first-order chi connectivity index (χ1) is 9.04. The van der Waals surface area contributed by atoms with Crippen LogP contribution in [0.4, 0.5) is 5.69 Å². The third-order valence-corrected chi connectivity index (χ3v) is 4.31. The van der Waals surface area contributed by atoms with Gasteiger partial charge < -0.3 is 11.1 Å². The van der Waals surface area contributed by atoms with Gasteiger partial charge in [0.15, 0.2) is 0 Å². The molecule has 2 aromatic rings. The summed E-state index contributed by atoms with van der Waals surface area (Å²) in [6.07, 6.45) is 5.74. The van der Waals surface area contributed by atoms with E-state index in [9.17, 15) is 4.79 Å². The molecule has 0 fully saturated rings. The standard InChI is InChI=1S/C15H16N2OS/c1-4-6-10(3)17-15(18)14-12(16)11-8-5-7-9(2)13(11)19-14/h1,5,7-8,10H,6,16H2,2-3H3,(H,17,18). The molecule has 1 amide bonds. The number of aryl methyl sites for hydroxylation is 1. The van der Waals surface area contributed by atoms with Gasteiger partial charge in [0.05, 0.1) is 5.69 Å². The van der Waals surface area contributed by atoms with Gasteiger partial charge in [0.1, 0.15) is 4.88 Å². The normalized spacial score (nSPS) is 12.1. The van der Waals surface area contributed by atoms with Crippen LogP contribution in [0.5, 0.6) is 0 Å². The van der Waals surface area contributed by atoms with Crippen LogP contribution in [-0.2, 0) is 0 Å². The molecule has 0 radical (unpaired) electrons. The van der Waals surface area contributed by atoms with Gasteiger partial charge in [-0.1, -0.05) is 18.2 Å². The van der Waals surface area contributed by atoms with Crippen molar-refractivity contribution in [1.82, 2.24) is 5.32 Å². The van der Waals surface area contributed by atoms with Crippen molar-refractivity contribution >= 4 is 33.0 Å². The van der Waals surface area contributed by atoms with Gasteiger partial charge in [-0.25, -0.2) is 0 Å². The number of rotatable bonds is 3. The number of nitrogens with one attached hydrogen (secondary N) is 1. The second-order valence-corrected chi connectivity index (χ2v) is 5.60. The molecule has 1 atom stereocenters. The third-order valence-electron chi connectivity index (χ3n) is 2.96. The van der Waals surface area contributed by atoms with Gasteiger partial charge in [0, 0.05) is 22.5 Å². The maximum atomic E-state index is 12.2. The van der Waals surface area contributed by atoms with Crippen molar-refractivity contribution in [2.75, 3.05) is 5.73 Å². The van der Waals surface area contributed by atoms with Crippen LogP contribution in [0.3, 0.4) is 0 Å². The van der Waals surface area contributed by atoms with E-state index in [1.54, 1.807) is 0 Å². The van der Waals surface area contributed by atoms with E-state index in [2.05, 4.69) is 11.2 Å². The number of carbonyl (C=O) groups excluding carboxylic acids is 1. The summed E-state index contributed by atoms with van der Waals surface area (Å²) in [5.41, 5.74) is 7.75. The lowest BCUT2D eigenvalue weighted by Gasteiger charge is -2.09. The first-order valence-corrected chi connectivity index (χ1v) is 6.88. The van der Waals surface area contributed by atoms with E-state index in [0.717, 1.165) is 15.6 Å². The highest BCUT2D eigenvalue weighted by atomic mass is 32.1. The van der Waals surface area contributed by atoms with E-state index in [1.165, 1.54) is 11.3 Å². The SMILES string of the molecule is C#CCC(C)NC(=O)c1sc2c(C)cccc2c1N. The van der Waals surface area contributed by atoms with Crippen LogP contribution in [0.1, 0.15) is 28.6 Å². The molecule has 0 saturated carbocycles. The highest BCUT2D eigenvalue weighted by molar-refractivity contribution is 7.21. The number of nitrogens with two attached hydrogens (primary N) is 1. The molecule has 2 rings (SSSR count). The van der Waals surface area contributed by atoms with E-state index >= 15 is 0 Å². The summed E-state index contributed by atoms with van der Waals surface area (Å²) in [5, 5.41) is 3.81. The lowest BCUT2D eigenvalue weighted by molar-refractivity contribution is 0.0946. The van der Waals surface area contributed by atoms with Crippen LogP contribution >= 0.6 is 11.3 Å². The maximum Gasteiger partial charge on any atom is 0.263 e. The molecule has 19 heavy (non-hydrogen) atoms. The number of nitrogen functional groups attached to an aromatic ring is 1. The molecule has 0 bridgehead atoms. The van der Waals surface area contributed by atoms with Crippen LogP contribution in [0.15, 0.2) is 18.2 Å². The molecule has 0 aliphatic carbocycles. The second kappa shape index (κ2) is 5.33. The number of thiophene rings is 1. The van der Waals surface area contributed by atoms with Gasteiger partial charge in [0.2, 0.25) is 0 Å². The van der Waals surface area contributed by atoms with E-state index < -0.39 is 0 Å². The predicted octanol–water partition coefficient (Wildman–Crippen LogP) is 2.93. The quantitative estimate of drug-likeness (QED) is 0.844. The highest BCUT2D eigenvalue weighted by Crippen LogP contribution is 2.35. The minimum Gasteiger partial charge on any atom is -0.397 e. The van der Waals surface area contributed by atoms with Crippen molar-refractivity contribution in [3.63, 3.8) is 0 Å². The van der Waals surface area contributed by atoms with E-state index in [-0.39, 0.29) is 11.9 Å². The lowest BCUT2D eigenvalue weighted by Crippen LogP contribution is -2.32. The Kier molecular flexibility index (Phi) is 3.77. The van der Waals surface area contributed by atoms with E-state index in [0.29, 0.717) is 17.0 Å². The molecule has 0 aliphatic heterocycles. The molecule has 0 aliphatic rings. The number of hydrogen-bond acceptors (Lipinski definition) is 3. The third kappa shape index (κ3) is 2.56. The number of benzene rings is 1. The summed E-state index contributed by atoms with van der Waals surface area (Å²) in [7, 11) is 0. The largest absolute Gasteiger partial charge is 0.397 e. The van der Waals surface area contributed by atoms with Crippen molar-refractivity contribution in [1.29, 1.82) is 0 Å². The summed E-state index contributed by atoms with van der Waals surface area (Å²) in [6, 6.07) is 5.85. The van der Waals surface area contributed by atoms with Crippen LogP contribution in [0, 0.1) is 19.3 Å². The minimum absolute atomic E-state index is 0.0526. The highest BCUT2D eigenvalue weighted by Gasteiger charge is 2.18. The summed E-state index contributed by atoms with van der Waals surface area (Å²) in [5.74, 6) is 2.38. The summed E-state index contributed by atoms with van der Waals surface area (Å²) in [6.45, 7) is 3.90. The number of amides is 1. The van der Waals surface area contributed by atoms with Crippen LogP contribution in [0.2, 0.25) is 0 Å². The zero-order chi connectivity index (χ0) is 14.0. The topological polar surface area (TPSA) is 55.1 Å². The van der Waals surface area contributed by atoms with Gasteiger partial charge >= 0.3 is 0 Å². The number of carbonyl (C=O) groups is 1. The van der Waals surface area contributed by atoms with Gasteiger partial charge in [-0.2, -0.15) is 0 Å². The molecule has 0 spiro atoms. The molecule has 1 unspecified atom stereocenters. The zero-order valence-electron chi connectivity index (χ0n) is 11.0. The Morgan fingerprint density at radius 2 is 2.32 bits per heavy atom. The van der Waals surface area contributed by atoms with Crippen LogP contribution in [-0.4, -0.2) is 11.9 Å². The second-order valence-electron chi connectivity index (χ2n) is 4.58. The van der Waals surface area contributed by atoms with Crippen molar-refractivity contribution < 1.29 is 4.79 Å². The number of fused-ring (bicyclic) bond motifs is 1. The van der Waals surface area contributed by atoms with E-state index in [4.69, 9.17) is 12.2 Å². The van der Waals surface area contributed by atoms with Crippen molar-refractivity contribution in [2.24, 2.45) is 0 Å². The van der Waals surface area contributed by atoms with Gasteiger partial charge in [-0.15, -0.1) is 23.7 Å². The van der Waals surface area contributed by atoms with Crippen molar-refractivity contribution in [3.8, 4) is 12.3 Å². The molecule has 1 aromatic heterocycles. The van der Waals surface area contributed by atoms with Crippen molar-refractivity contribution in [3.05, 3.63) is 28.6 Å². The predicted molar refractivity (Wildman–Crippen MR) is 81.4 cm³/mol. The average Bonchev–Trinajstić information content (AvgIpc) is 2.69. The summed E-state index contributed by atoms with van der Waals surface area (Å²) in [4.78, 5) is 12.7. The van der Waals surface area contributed by atoms with Gasteiger partial charge in [-0.05, 0) is 19.4 Å². The lowest BCUT2D eigenvalue weighted by atomic mass is 10.1. The average molecular weight is 272 g/mol. The van der Waals surface area contributed by atoms with E-state index in [1.807, 2.05) is 32.0 Å². The maximum absolute atomic E-state index is 12.2. The molecule has 3 nitrogen and oxygen atoms in total. The Hall–Kier alpha value is -1.99. The number of hydrogen-bond donors (Lipinski definition) is 2. The summed E-state index contributed by atoms with van der Waals surface area (Å²) < 4.78 is 1.06. The zero-order valence-corrected chi connectivity index (χ0v) is 11.8. The first kappa shape index (κ1) is 13.4. The Bertz CT molecular complexity index is 667. The molecule has 98 valence electrons. The number of anilines is 1. The van der Waals surface area contributed by atoms with Gasteiger partial charge in [0.25, 0.3) is 5.91 Å². The Morgan fingerprint density at radius 1 is 1.58 bits per heavy atom. The molecule has 0 saturated heterocycles. The van der Waals surface area contributed by atoms with Gasteiger partial charge in [-0.3, -0.25) is 4.79 Å². The molecule has 4 heteroatoms. The Morgan fingerprint density at radius 3 is 2.95 bits per heavy atom. The smallest absolute Gasteiger partial charge is 0.263 e. The Labute approximate surface area is 116 Å². The van der Waals surface area contributed by atoms with Crippen LogP contribution in [0.25, 0.3) is 10.1 Å². The fourth-order valence-corrected chi connectivity index (χ4v) is 3.06. The molecule has 3 N–H and O–H groups in total. The molecular formula is C15H16N2OS. The monoisotopic (exact) mass is 272 g/mol. The molecule has 1 heterocycles.